The molecule has 2 heteroatoms. The number of hydrogen-bond donors (Lipinski definition) is 0. The highest BCUT2D eigenvalue weighted by molar-refractivity contribution is 5.90. The molecule has 1 heterocycles. The molecule has 0 atom stereocenters. The molecular weight excluding hydrogens is 196 g/mol. The van der Waals surface area contributed by atoms with Gasteiger partial charge in [-0.25, -0.2) is 0 Å². The van der Waals surface area contributed by atoms with Gasteiger partial charge in [-0.3, -0.25) is 4.90 Å². The second-order valence-corrected chi connectivity index (χ2v) is 4.64. The minimum absolute atomic E-state index is 1.01. The largest absolute Gasteiger partial charge is 0.361 e. The van der Waals surface area contributed by atoms with E-state index in [9.17, 15) is 0 Å². The quantitative estimate of drug-likeness (QED) is 0.662. The molecule has 0 bridgehead atoms. The summed E-state index contributed by atoms with van der Waals surface area (Å²) in [4.78, 5) is 4.65. The Morgan fingerprint density at radius 2 is 1.81 bits per heavy atom. The molecule has 0 saturated heterocycles. The maximum absolute atomic E-state index is 2.34. The molecule has 1 aliphatic rings. The SMILES string of the molecule is CN1Cc2c(ccc3ccccc23)N(C)C1. The molecule has 3 rings (SSSR count). The van der Waals surface area contributed by atoms with Crippen molar-refractivity contribution < 1.29 is 0 Å². The molecule has 82 valence electrons. The van der Waals surface area contributed by atoms with E-state index in [4.69, 9.17) is 0 Å². The van der Waals surface area contributed by atoms with Gasteiger partial charge < -0.3 is 4.90 Å². The van der Waals surface area contributed by atoms with E-state index < -0.39 is 0 Å². The van der Waals surface area contributed by atoms with Crippen molar-refractivity contribution in [2.45, 2.75) is 6.54 Å². The Morgan fingerprint density at radius 3 is 2.69 bits per heavy atom. The first-order chi connectivity index (χ1) is 7.75. The van der Waals surface area contributed by atoms with Crippen LogP contribution in [0.1, 0.15) is 5.56 Å². The fourth-order valence-electron chi connectivity index (χ4n) is 2.61. The number of nitrogens with zero attached hydrogens (tertiary/aromatic N) is 2. The van der Waals surface area contributed by atoms with Crippen LogP contribution < -0.4 is 4.90 Å². The van der Waals surface area contributed by atoms with E-state index in [0.717, 1.165) is 13.2 Å². The summed E-state index contributed by atoms with van der Waals surface area (Å²) in [5, 5.41) is 2.73. The zero-order valence-electron chi connectivity index (χ0n) is 9.77. The summed E-state index contributed by atoms with van der Waals surface area (Å²) in [6.07, 6.45) is 0. The molecule has 0 aliphatic carbocycles. The molecule has 0 N–H and O–H groups in total. The van der Waals surface area contributed by atoms with Gasteiger partial charge in [0.1, 0.15) is 0 Å². The Kier molecular flexibility index (Phi) is 2.11. The Balaban J connectivity index is 2.29. The molecule has 1 aliphatic heterocycles. The molecular formula is C14H16N2. The Hall–Kier alpha value is -1.54. The van der Waals surface area contributed by atoms with Crippen molar-refractivity contribution in [2.24, 2.45) is 0 Å². The van der Waals surface area contributed by atoms with Crippen LogP contribution >= 0.6 is 0 Å². The third-order valence-corrected chi connectivity index (χ3v) is 3.31. The first kappa shape index (κ1) is 9.67. The van der Waals surface area contributed by atoms with Crippen molar-refractivity contribution in [1.82, 2.24) is 4.90 Å². The third kappa shape index (κ3) is 1.38. The van der Waals surface area contributed by atoms with E-state index >= 15 is 0 Å². The molecule has 2 aromatic carbocycles. The number of benzene rings is 2. The molecule has 0 amide bonds. The van der Waals surface area contributed by atoms with Gasteiger partial charge >= 0.3 is 0 Å². The van der Waals surface area contributed by atoms with Crippen LogP contribution in [-0.4, -0.2) is 25.7 Å². The number of hydrogen-bond acceptors (Lipinski definition) is 2. The van der Waals surface area contributed by atoms with Crippen molar-refractivity contribution in [3.05, 3.63) is 42.0 Å². The highest BCUT2D eigenvalue weighted by Gasteiger charge is 2.18. The van der Waals surface area contributed by atoms with Crippen molar-refractivity contribution in [3.63, 3.8) is 0 Å². The lowest BCUT2D eigenvalue weighted by Crippen LogP contribution is -2.37. The Morgan fingerprint density at radius 1 is 1.00 bits per heavy atom. The summed E-state index contributed by atoms with van der Waals surface area (Å²) < 4.78 is 0. The van der Waals surface area contributed by atoms with Crippen molar-refractivity contribution >= 4 is 16.5 Å². The number of fused-ring (bicyclic) bond motifs is 3. The monoisotopic (exact) mass is 212 g/mol. The molecule has 16 heavy (non-hydrogen) atoms. The van der Waals surface area contributed by atoms with Gasteiger partial charge in [-0.1, -0.05) is 30.3 Å². The third-order valence-electron chi connectivity index (χ3n) is 3.31. The predicted octanol–water partition coefficient (Wildman–Crippen LogP) is 2.68. The summed E-state index contributed by atoms with van der Waals surface area (Å²) in [5.41, 5.74) is 2.83. The second-order valence-electron chi connectivity index (χ2n) is 4.64. The first-order valence-electron chi connectivity index (χ1n) is 5.66. The van der Waals surface area contributed by atoms with Gasteiger partial charge in [0.05, 0.1) is 6.67 Å². The number of anilines is 1. The van der Waals surface area contributed by atoms with Crippen LogP contribution in [0.15, 0.2) is 36.4 Å². The maximum Gasteiger partial charge on any atom is 0.0704 e. The lowest BCUT2D eigenvalue weighted by Gasteiger charge is -2.34. The van der Waals surface area contributed by atoms with Crippen molar-refractivity contribution in [2.75, 3.05) is 25.7 Å². The van der Waals surface area contributed by atoms with Gasteiger partial charge in [-0.15, -0.1) is 0 Å². The zero-order valence-corrected chi connectivity index (χ0v) is 9.77. The topological polar surface area (TPSA) is 6.48 Å². The molecule has 2 nitrogen and oxygen atoms in total. The van der Waals surface area contributed by atoms with Crippen LogP contribution in [-0.2, 0) is 6.54 Å². The summed E-state index contributed by atoms with van der Waals surface area (Å²) in [7, 11) is 4.32. The summed E-state index contributed by atoms with van der Waals surface area (Å²) in [5.74, 6) is 0. The molecule has 0 radical (unpaired) electrons. The van der Waals surface area contributed by atoms with Crippen LogP contribution in [0, 0.1) is 0 Å². The van der Waals surface area contributed by atoms with E-state index in [1.165, 1.54) is 22.0 Å². The highest BCUT2D eigenvalue weighted by atomic mass is 15.3. The number of rotatable bonds is 0. The molecule has 0 spiro atoms. The summed E-state index contributed by atoms with van der Waals surface area (Å²) in [6, 6.07) is 13.1. The smallest absolute Gasteiger partial charge is 0.0704 e. The van der Waals surface area contributed by atoms with E-state index in [1.807, 2.05) is 0 Å². The predicted molar refractivity (Wildman–Crippen MR) is 68.7 cm³/mol. The minimum atomic E-state index is 1.01. The van der Waals surface area contributed by atoms with Gasteiger partial charge in [-0.2, -0.15) is 0 Å². The molecule has 0 unspecified atom stereocenters. The summed E-state index contributed by atoms with van der Waals surface area (Å²) >= 11 is 0. The van der Waals surface area contributed by atoms with Crippen LogP contribution in [0.3, 0.4) is 0 Å². The average molecular weight is 212 g/mol. The van der Waals surface area contributed by atoms with Crippen LogP contribution in [0.5, 0.6) is 0 Å². The van der Waals surface area contributed by atoms with Gasteiger partial charge in [0, 0.05) is 19.3 Å². The molecule has 0 aromatic heterocycles. The lowest BCUT2D eigenvalue weighted by atomic mass is 10.0. The highest BCUT2D eigenvalue weighted by Crippen LogP contribution is 2.32. The summed E-state index contributed by atoms with van der Waals surface area (Å²) in [6.45, 7) is 2.05. The van der Waals surface area contributed by atoms with Crippen LogP contribution in [0.25, 0.3) is 10.8 Å². The fourth-order valence-corrected chi connectivity index (χ4v) is 2.61. The Labute approximate surface area is 96.1 Å². The average Bonchev–Trinajstić information content (AvgIpc) is 2.28. The van der Waals surface area contributed by atoms with Gasteiger partial charge in [0.25, 0.3) is 0 Å². The molecule has 0 fully saturated rings. The van der Waals surface area contributed by atoms with Gasteiger partial charge in [0.2, 0.25) is 0 Å². The van der Waals surface area contributed by atoms with E-state index in [0.29, 0.717) is 0 Å². The molecule has 0 saturated carbocycles. The maximum atomic E-state index is 2.34. The minimum Gasteiger partial charge on any atom is -0.361 e. The Bertz CT molecular complexity index is 533. The lowest BCUT2D eigenvalue weighted by molar-refractivity contribution is 0.317. The van der Waals surface area contributed by atoms with Gasteiger partial charge in [0.15, 0.2) is 0 Å². The van der Waals surface area contributed by atoms with Crippen molar-refractivity contribution in [3.8, 4) is 0 Å². The van der Waals surface area contributed by atoms with Crippen molar-refractivity contribution in [1.29, 1.82) is 0 Å². The van der Waals surface area contributed by atoms with E-state index in [2.05, 4.69) is 60.3 Å². The normalized spacial score (nSPS) is 16.5. The van der Waals surface area contributed by atoms with E-state index in [-0.39, 0.29) is 0 Å². The zero-order chi connectivity index (χ0) is 11.1. The van der Waals surface area contributed by atoms with Crippen LogP contribution in [0.4, 0.5) is 5.69 Å². The van der Waals surface area contributed by atoms with Crippen LogP contribution in [0.2, 0.25) is 0 Å². The molecule has 2 aromatic rings. The standard InChI is InChI=1S/C14H16N2/c1-15-9-13-12-6-4-3-5-11(12)7-8-14(13)16(2)10-15/h3-8H,9-10H2,1-2H3. The van der Waals surface area contributed by atoms with E-state index in [1.54, 1.807) is 0 Å². The fraction of sp³-hybridized carbons (Fsp3) is 0.286. The second kappa shape index (κ2) is 3.49. The first-order valence-corrected chi connectivity index (χ1v) is 5.66. The van der Waals surface area contributed by atoms with Gasteiger partial charge in [-0.05, 0) is 29.4 Å².